The Balaban J connectivity index is 1.91. The van der Waals surface area contributed by atoms with Gasteiger partial charge in [0.05, 0.1) is 6.61 Å². The fourth-order valence-electron chi connectivity index (χ4n) is 1.89. The lowest BCUT2D eigenvalue weighted by molar-refractivity contribution is -0.140. The van der Waals surface area contributed by atoms with Crippen molar-refractivity contribution >= 4 is 5.97 Å². The number of benzene rings is 2. The Kier molecular flexibility index (Phi) is 5.21. The fourth-order valence-corrected chi connectivity index (χ4v) is 1.89. The highest BCUT2D eigenvalue weighted by atomic mass is 16.5. The minimum Gasteiger partial charge on any atom is -0.504 e. The third-order valence-corrected chi connectivity index (χ3v) is 2.96. The quantitative estimate of drug-likeness (QED) is 0.829. The summed E-state index contributed by atoms with van der Waals surface area (Å²) in [7, 11) is 0. The molecule has 0 atom stereocenters. The summed E-state index contributed by atoms with van der Waals surface area (Å²) >= 11 is 0. The second-order valence-electron chi connectivity index (χ2n) is 4.67. The predicted molar refractivity (Wildman–Crippen MR) is 79.2 cm³/mol. The predicted octanol–water partition coefficient (Wildman–Crippen LogP) is 3.08. The number of phenolic OH excluding ortho intramolecular Hbond substituents is 1. The summed E-state index contributed by atoms with van der Waals surface area (Å²) in [6, 6.07) is 15.0. The van der Waals surface area contributed by atoms with Crippen molar-refractivity contribution in [3.63, 3.8) is 0 Å². The zero-order valence-electron chi connectivity index (χ0n) is 11.9. The molecule has 0 saturated carbocycles. The molecule has 2 aromatic carbocycles. The van der Waals surface area contributed by atoms with E-state index in [9.17, 15) is 9.90 Å². The van der Waals surface area contributed by atoms with Crippen LogP contribution in [0.25, 0.3) is 0 Å². The molecule has 2 rings (SSSR count). The molecule has 110 valence electrons. The van der Waals surface area contributed by atoms with Crippen molar-refractivity contribution in [2.24, 2.45) is 0 Å². The number of aromatic hydroxyl groups is 1. The van der Waals surface area contributed by atoms with Crippen molar-refractivity contribution in [2.45, 2.75) is 20.0 Å². The third kappa shape index (κ3) is 4.84. The van der Waals surface area contributed by atoms with Gasteiger partial charge in [0, 0.05) is 13.3 Å². The monoisotopic (exact) mass is 286 g/mol. The van der Waals surface area contributed by atoms with Gasteiger partial charge in [-0.2, -0.15) is 0 Å². The first-order valence-electron chi connectivity index (χ1n) is 6.77. The molecule has 0 aliphatic carbocycles. The summed E-state index contributed by atoms with van der Waals surface area (Å²) in [4.78, 5) is 10.7. The van der Waals surface area contributed by atoms with Crippen LogP contribution in [0.4, 0.5) is 0 Å². The molecule has 0 saturated heterocycles. The number of phenols is 1. The van der Waals surface area contributed by atoms with Gasteiger partial charge >= 0.3 is 5.97 Å². The summed E-state index contributed by atoms with van der Waals surface area (Å²) in [6.07, 6.45) is 0.562. The first-order chi connectivity index (χ1) is 10.1. The lowest BCUT2D eigenvalue weighted by Crippen LogP contribution is -2.03. The van der Waals surface area contributed by atoms with Crippen molar-refractivity contribution in [2.75, 3.05) is 6.61 Å². The second kappa shape index (κ2) is 7.33. The number of esters is 1. The van der Waals surface area contributed by atoms with Gasteiger partial charge in [0.2, 0.25) is 0 Å². The Morgan fingerprint density at radius 3 is 2.52 bits per heavy atom. The number of carbonyl (C=O) groups excluding carboxylic acids is 1. The van der Waals surface area contributed by atoms with Gasteiger partial charge in [0.15, 0.2) is 11.5 Å². The molecule has 4 heteroatoms. The molecule has 0 fully saturated rings. The van der Waals surface area contributed by atoms with Gasteiger partial charge in [-0.15, -0.1) is 0 Å². The maximum Gasteiger partial charge on any atom is 0.302 e. The first kappa shape index (κ1) is 14.9. The van der Waals surface area contributed by atoms with Gasteiger partial charge in [0.1, 0.15) is 6.61 Å². The SMILES string of the molecule is CC(=O)OCCc1ccc(OCc2ccccc2)c(O)c1. The molecule has 0 aliphatic heterocycles. The van der Waals surface area contributed by atoms with E-state index in [1.807, 2.05) is 36.4 Å². The number of rotatable bonds is 6. The van der Waals surface area contributed by atoms with Crippen LogP contribution in [0, 0.1) is 0 Å². The molecular formula is C17H18O4. The van der Waals surface area contributed by atoms with E-state index < -0.39 is 0 Å². The van der Waals surface area contributed by atoms with Gasteiger partial charge in [0.25, 0.3) is 0 Å². The van der Waals surface area contributed by atoms with E-state index in [1.165, 1.54) is 6.92 Å². The smallest absolute Gasteiger partial charge is 0.302 e. The Bertz CT molecular complexity index is 593. The van der Waals surface area contributed by atoms with E-state index >= 15 is 0 Å². The summed E-state index contributed by atoms with van der Waals surface area (Å²) in [6.45, 7) is 2.08. The molecule has 1 N–H and O–H groups in total. The van der Waals surface area contributed by atoms with Crippen molar-refractivity contribution in [1.29, 1.82) is 0 Å². The van der Waals surface area contributed by atoms with Gasteiger partial charge < -0.3 is 14.6 Å². The fraction of sp³-hybridized carbons (Fsp3) is 0.235. The zero-order valence-corrected chi connectivity index (χ0v) is 11.9. The highest BCUT2D eigenvalue weighted by Gasteiger charge is 2.05. The summed E-state index contributed by atoms with van der Waals surface area (Å²) < 4.78 is 10.5. The van der Waals surface area contributed by atoms with Crippen molar-refractivity contribution in [3.05, 3.63) is 59.7 Å². The van der Waals surface area contributed by atoms with Crippen molar-refractivity contribution < 1.29 is 19.4 Å². The van der Waals surface area contributed by atoms with Crippen LogP contribution in [-0.4, -0.2) is 17.7 Å². The Hall–Kier alpha value is -2.49. The largest absolute Gasteiger partial charge is 0.504 e. The molecule has 4 nitrogen and oxygen atoms in total. The van der Waals surface area contributed by atoms with E-state index in [4.69, 9.17) is 9.47 Å². The molecule has 0 amide bonds. The first-order valence-corrected chi connectivity index (χ1v) is 6.77. The van der Waals surface area contributed by atoms with E-state index in [1.54, 1.807) is 12.1 Å². The van der Waals surface area contributed by atoms with Crippen LogP contribution in [0.3, 0.4) is 0 Å². The van der Waals surface area contributed by atoms with Crippen LogP contribution in [0.2, 0.25) is 0 Å². The van der Waals surface area contributed by atoms with E-state index in [0.29, 0.717) is 25.4 Å². The van der Waals surface area contributed by atoms with E-state index in [2.05, 4.69) is 0 Å². The molecule has 0 heterocycles. The molecule has 0 aromatic heterocycles. The molecule has 0 spiro atoms. The minimum absolute atomic E-state index is 0.0891. The minimum atomic E-state index is -0.304. The molecule has 0 aliphatic rings. The molecule has 0 bridgehead atoms. The standard InChI is InChI=1S/C17H18O4/c1-13(18)20-10-9-14-7-8-17(16(19)11-14)21-12-15-5-3-2-4-6-15/h2-8,11,19H,9-10,12H2,1H3. The maximum atomic E-state index is 10.7. The van der Waals surface area contributed by atoms with Crippen LogP contribution in [0.1, 0.15) is 18.1 Å². The second-order valence-corrected chi connectivity index (χ2v) is 4.67. The number of hydrogen-bond donors (Lipinski definition) is 1. The molecule has 0 unspecified atom stereocenters. The van der Waals surface area contributed by atoms with E-state index in [0.717, 1.165) is 11.1 Å². The van der Waals surface area contributed by atoms with Crippen LogP contribution in [-0.2, 0) is 22.6 Å². The molecule has 2 aromatic rings. The Morgan fingerprint density at radius 2 is 1.86 bits per heavy atom. The van der Waals surface area contributed by atoms with Gasteiger partial charge in [-0.25, -0.2) is 0 Å². The number of hydrogen-bond acceptors (Lipinski definition) is 4. The Labute approximate surface area is 123 Å². The highest BCUT2D eigenvalue weighted by Crippen LogP contribution is 2.27. The van der Waals surface area contributed by atoms with Gasteiger partial charge in [-0.05, 0) is 23.3 Å². The van der Waals surface area contributed by atoms with Gasteiger partial charge in [-0.1, -0.05) is 36.4 Å². The van der Waals surface area contributed by atoms with E-state index in [-0.39, 0.29) is 11.7 Å². The highest BCUT2D eigenvalue weighted by molar-refractivity contribution is 5.65. The average Bonchev–Trinajstić information content (AvgIpc) is 2.47. The van der Waals surface area contributed by atoms with Crippen molar-refractivity contribution in [1.82, 2.24) is 0 Å². The summed E-state index contributed by atoms with van der Waals surface area (Å²) in [5, 5.41) is 9.95. The lowest BCUT2D eigenvalue weighted by atomic mass is 10.1. The lowest BCUT2D eigenvalue weighted by Gasteiger charge is -2.10. The van der Waals surface area contributed by atoms with Gasteiger partial charge in [-0.3, -0.25) is 4.79 Å². The summed E-state index contributed by atoms with van der Waals surface area (Å²) in [5.74, 6) is 0.225. The zero-order chi connectivity index (χ0) is 15.1. The topological polar surface area (TPSA) is 55.8 Å². The van der Waals surface area contributed by atoms with Crippen molar-refractivity contribution in [3.8, 4) is 11.5 Å². The van der Waals surface area contributed by atoms with Crippen LogP contribution in [0.15, 0.2) is 48.5 Å². The van der Waals surface area contributed by atoms with Crippen LogP contribution >= 0.6 is 0 Å². The number of ether oxygens (including phenoxy) is 2. The average molecular weight is 286 g/mol. The summed E-state index contributed by atoms with van der Waals surface area (Å²) in [5.41, 5.74) is 1.93. The maximum absolute atomic E-state index is 10.7. The Morgan fingerprint density at radius 1 is 1.10 bits per heavy atom. The normalized spacial score (nSPS) is 10.1. The number of carbonyl (C=O) groups is 1. The van der Waals surface area contributed by atoms with Crippen LogP contribution in [0.5, 0.6) is 11.5 Å². The van der Waals surface area contributed by atoms with Crippen LogP contribution < -0.4 is 4.74 Å². The third-order valence-electron chi connectivity index (χ3n) is 2.96. The molecule has 0 radical (unpaired) electrons. The molecule has 21 heavy (non-hydrogen) atoms. The molecular weight excluding hydrogens is 268 g/mol.